The van der Waals surface area contributed by atoms with E-state index in [0.29, 0.717) is 10.8 Å². The summed E-state index contributed by atoms with van der Waals surface area (Å²) in [4.78, 5) is 10.3. The predicted molar refractivity (Wildman–Crippen MR) is 70.2 cm³/mol. The fourth-order valence-electron chi connectivity index (χ4n) is 1.79. The molecule has 2 N–H and O–H groups in total. The summed E-state index contributed by atoms with van der Waals surface area (Å²) in [6, 6.07) is 0. The molecule has 6 heteroatoms. The minimum atomic E-state index is 0.224. The van der Waals surface area contributed by atoms with E-state index in [2.05, 4.69) is 28.7 Å². The van der Waals surface area contributed by atoms with Crippen molar-refractivity contribution in [3.8, 4) is 0 Å². The zero-order valence-corrected chi connectivity index (χ0v) is 11.0. The average molecular weight is 259 g/mol. The van der Waals surface area contributed by atoms with E-state index in [0.717, 1.165) is 24.7 Å². The molecule has 1 fully saturated rings. The van der Waals surface area contributed by atoms with Gasteiger partial charge in [-0.3, -0.25) is 0 Å². The minimum absolute atomic E-state index is 0.224. The molecule has 0 bridgehead atoms. The van der Waals surface area contributed by atoms with E-state index >= 15 is 0 Å². The summed E-state index contributed by atoms with van der Waals surface area (Å²) >= 11 is 8.09. The van der Waals surface area contributed by atoms with Gasteiger partial charge in [0.25, 0.3) is 0 Å². The maximum Gasteiger partial charge on any atom is 0.153 e. The Bertz CT molecular complexity index is 396. The molecule has 1 saturated heterocycles. The zero-order valence-electron chi connectivity index (χ0n) is 9.40. The fourth-order valence-corrected chi connectivity index (χ4v) is 3.12. The van der Waals surface area contributed by atoms with Crippen LogP contribution < -0.4 is 10.6 Å². The standard InChI is InChI=1S/C10H15ClN4S/c1-10(2)5-15(3-4-16-10)9-7(11)8(12)13-6-14-9/h6H,3-5H2,1-2H3,(H2,12,13,14). The summed E-state index contributed by atoms with van der Waals surface area (Å²) in [6.07, 6.45) is 1.46. The van der Waals surface area contributed by atoms with E-state index in [1.807, 2.05) is 11.8 Å². The number of nitrogen functional groups attached to an aromatic ring is 1. The highest BCUT2D eigenvalue weighted by Gasteiger charge is 2.29. The van der Waals surface area contributed by atoms with Gasteiger partial charge in [-0.2, -0.15) is 11.8 Å². The molecule has 0 aromatic carbocycles. The van der Waals surface area contributed by atoms with Crippen molar-refractivity contribution in [2.45, 2.75) is 18.6 Å². The lowest BCUT2D eigenvalue weighted by Crippen LogP contribution is -2.43. The molecule has 1 aliphatic heterocycles. The third kappa shape index (κ3) is 2.35. The number of nitrogens with two attached hydrogens (primary N) is 1. The lowest BCUT2D eigenvalue weighted by Gasteiger charge is -2.38. The number of hydrogen-bond acceptors (Lipinski definition) is 5. The van der Waals surface area contributed by atoms with Crippen molar-refractivity contribution in [2.75, 3.05) is 29.5 Å². The van der Waals surface area contributed by atoms with E-state index < -0.39 is 0 Å². The van der Waals surface area contributed by atoms with Crippen molar-refractivity contribution in [1.82, 2.24) is 9.97 Å². The molecule has 0 radical (unpaired) electrons. The molecule has 88 valence electrons. The van der Waals surface area contributed by atoms with Crippen molar-refractivity contribution in [3.63, 3.8) is 0 Å². The van der Waals surface area contributed by atoms with Gasteiger partial charge in [-0.15, -0.1) is 0 Å². The molecule has 1 aromatic rings. The van der Waals surface area contributed by atoms with Gasteiger partial charge in [0.05, 0.1) is 0 Å². The summed E-state index contributed by atoms with van der Waals surface area (Å²) < 4.78 is 0.224. The summed E-state index contributed by atoms with van der Waals surface area (Å²) in [6.45, 7) is 6.32. The molecule has 0 aliphatic carbocycles. The van der Waals surface area contributed by atoms with E-state index in [1.54, 1.807) is 0 Å². The van der Waals surface area contributed by atoms with Crippen LogP contribution in [0.1, 0.15) is 13.8 Å². The molecule has 0 spiro atoms. The van der Waals surface area contributed by atoms with Gasteiger partial charge in [-0.05, 0) is 13.8 Å². The Labute approximate surface area is 105 Å². The first-order chi connectivity index (χ1) is 7.49. The number of anilines is 2. The molecule has 2 rings (SSSR count). The summed E-state index contributed by atoms with van der Waals surface area (Å²) in [5, 5.41) is 0.463. The van der Waals surface area contributed by atoms with Crippen LogP contribution in [0.4, 0.5) is 11.6 Å². The fraction of sp³-hybridized carbons (Fsp3) is 0.600. The molecule has 16 heavy (non-hydrogen) atoms. The van der Waals surface area contributed by atoms with Gasteiger partial charge in [-0.1, -0.05) is 11.6 Å². The van der Waals surface area contributed by atoms with Gasteiger partial charge in [0, 0.05) is 23.6 Å². The number of halogens is 1. The van der Waals surface area contributed by atoms with Crippen molar-refractivity contribution < 1.29 is 0 Å². The van der Waals surface area contributed by atoms with Gasteiger partial charge in [0.15, 0.2) is 5.82 Å². The van der Waals surface area contributed by atoms with Crippen molar-refractivity contribution in [3.05, 3.63) is 11.3 Å². The Kier molecular flexibility index (Phi) is 3.17. The van der Waals surface area contributed by atoms with E-state index in [1.165, 1.54) is 6.33 Å². The van der Waals surface area contributed by atoms with Gasteiger partial charge in [0.1, 0.15) is 17.2 Å². The summed E-state index contributed by atoms with van der Waals surface area (Å²) in [5.41, 5.74) is 5.68. The molecule has 4 nitrogen and oxygen atoms in total. The first kappa shape index (κ1) is 11.8. The average Bonchev–Trinajstić information content (AvgIpc) is 2.20. The Hall–Kier alpha value is -0.680. The van der Waals surface area contributed by atoms with Crippen LogP contribution >= 0.6 is 23.4 Å². The van der Waals surface area contributed by atoms with E-state index in [9.17, 15) is 0 Å². The normalized spacial score (nSPS) is 19.8. The Morgan fingerprint density at radius 2 is 2.25 bits per heavy atom. The van der Waals surface area contributed by atoms with Gasteiger partial charge >= 0.3 is 0 Å². The van der Waals surface area contributed by atoms with Crippen molar-refractivity contribution in [2.24, 2.45) is 0 Å². The first-order valence-electron chi connectivity index (χ1n) is 5.14. The lowest BCUT2D eigenvalue weighted by molar-refractivity contribution is 0.642. The number of hydrogen-bond donors (Lipinski definition) is 1. The van der Waals surface area contributed by atoms with Crippen LogP contribution in [-0.4, -0.2) is 33.6 Å². The molecule has 2 heterocycles. The maximum absolute atomic E-state index is 6.12. The number of thioether (sulfide) groups is 1. The molecular weight excluding hydrogens is 244 g/mol. The highest BCUT2D eigenvalue weighted by Crippen LogP contribution is 2.34. The number of aromatic nitrogens is 2. The number of rotatable bonds is 1. The second-order valence-corrected chi connectivity index (χ2v) is 6.61. The second kappa shape index (κ2) is 4.30. The largest absolute Gasteiger partial charge is 0.382 e. The highest BCUT2D eigenvalue weighted by molar-refractivity contribution is 8.00. The van der Waals surface area contributed by atoms with Crippen LogP contribution in [0, 0.1) is 0 Å². The van der Waals surface area contributed by atoms with Crippen LogP contribution in [0.3, 0.4) is 0 Å². The molecule has 1 aromatic heterocycles. The third-order valence-electron chi connectivity index (χ3n) is 2.52. The van der Waals surface area contributed by atoms with Crippen LogP contribution in [0.5, 0.6) is 0 Å². The van der Waals surface area contributed by atoms with Crippen molar-refractivity contribution >= 4 is 35.0 Å². The molecule has 0 saturated carbocycles. The topological polar surface area (TPSA) is 55.0 Å². The Balaban J connectivity index is 2.27. The van der Waals surface area contributed by atoms with Crippen LogP contribution in [-0.2, 0) is 0 Å². The quantitative estimate of drug-likeness (QED) is 0.836. The first-order valence-corrected chi connectivity index (χ1v) is 6.51. The minimum Gasteiger partial charge on any atom is -0.382 e. The van der Waals surface area contributed by atoms with Gasteiger partial charge < -0.3 is 10.6 Å². The zero-order chi connectivity index (χ0) is 11.8. The lowest BCUT2D eigenvalue weighted by atomic mass is 10.2. The van der Waals surface area contributed by atoms with Crippen molar-refractivity contribution in [1.29, 1.82) is 0 Å². The Morgan fingerprint density at radius 3 is 2.94 bits per heavy atom. The van der Waals surface area contributed by atoms with E-state index in [-0.39, 0.29) is 4.75 Å². The molecule has 0 amide bonds. The summed E-state index contributed by atoms with van der Waals surface area (Å²) in [5.74, 6) is 2.18. The smallest absolute Gasteiger partial charge is 0.153 e. The molecule has 0 unspecified atom stereocenters. The van der Waals surface area contributed by atoms with Crippen LogP contribution in [0.25, 0.3) is 0 Å². The predicted octanol–water partition coefficient (Wildman–Crippen LogP) is 2.04. The van der Waals surface area contributed by atoms with Gasteiger partial charge in [-0.25, -0.2) is 9.97 Å². The van der Waals surface area contributed by atoms with E-state index in [4.69, 9.17) is 17.3 Å². The second-order valence-electron chi connectivity index (χ2n) is 4.43. The maximum atomic E-state index is 6.12. The monoisotopic (exact) mass is 258 g/mol. The Morgan fingerprint density at radius 1 is 1.50 bits per heavy atom. The van der Waals surface area contributed by atoms with Crippen LogP contribution in [0.15, 0.2) is 6.33 Å². The SMILES string of the molecule is CC1(C)CN(c2ncnc(N)c2Cl)CCS1. The van der Waals surface area contributed by atoms with Crippen LogP contribution in [0.2, 0.25) is 5.02 Å². The molecule has 1 aliphatic rings. The third-order valence-corrected chi connectivity index (χ3v) is 4.18. The molecule has 0 atom stereocenters. The van der Waals surface area contributed by atoms with Gasteiger partial charge in [0.2, 0.25) is 0 Å². The highest BCUT2D eigenvalue weighted by atomic mass is 35.5. The number of nitrogens with zero attached hydrogens (tertiary/aromatic N) is 3. The molecular formula is C10H15ClN4S. The summed E-state index contributed by atoms with van der Waals surface area (Å²) in [7, 11) is 0.